The van der Waals surface area contributed by atoms with E-state index in [4.69, 9.17) is 9.52 Å². The summed E-state index contributed by atoms with van der Waals surface area (Å²) in [6.45, 7) is 0.292. The van der Waals surface area contributed by atoms with Crippen LogP contribution in [0.2, 0.25) is 0 Å². The van der Waals surface area contributed by atoms with Gasteiger partial charge in [0, 0.05) is 18.1 Å². The van der Waals surface area contributed by atoms with Gasteiger partial charge in [-0.3, -0.25) is 4.57 Å². The lowest BCUT2D eigenvalue weighted by Crippen LogP contribution is -2.18. The normalized spacial score (nSPS) is 13.0. The van der Waals surface area contributed by atoms with Crippen LogP contribution in [0.1, 0.15) is 0 Å². The maximum atomic E-state index is 11.6. The van der Waals surface area contributed by atoms with Crippen LogP contribution in [0, 0.1) is 0 Å². The summed E-state index contributed by atoms with van der Waals surface area (Å²) in [6, 6.07) is 7.28. The Morgan fingerprint density at radius 1 is 1.39 bits per heavy atom. The molecular weight excluding hydrogens is 254 g/mol. The SMILES string of the molecule is O=c1oc2ccccc2n1CCSCC(O)CO. The Balaban J connectivity index is 1.99. The molecule has 0 saturated carbocycles. The molecule has 1 aromatic carbocycles. The molecule has 2 aromatic rings. The van der Waals surface area contributed by atoms with Crippen molar-refractivity contribution in [1.29, 1.82) is 0 Å². The zero-order chi connectivity index (χ0) is 13.0. The van der Waals surface area contributed by atoms with E-state index in [0.29, 0.717) is 23.6 Å². The highest BCUT2D eigenvalue weighted by Crippen LogP contribution is 2.12. The van der Waals surface area contributed by atoms with Crippen molar-refractivity contribution in [2.75, 3.05) is 18.1 Å². The van der Waals surface area contributed by atoms with Crippen molar-refractivity contribution in [2.45, 2.75) is 12.6 Å². The van der Waals surface area contributed by atoms with Crippen LogP contribution in [0.3, 0.4) is 0 Å². The van der Waals surface area contributed by atoms with Crippen molar-refractivity contribution in [3.8, 4) is 0 Å². The van der Waals surface area contributed by atoms with Gasteiger partial charge in [0.15, 0.2) is 5.58 Å². The molecule has 1 unspecified atom stereocenters. The standard InChI is InChI=1S/C12H15NO4S/c14-7-9(15)8-18-6-5-13-10-3-1-2-4-11(10)17-12(13)16/h1-4,9,14-15H,5-8H2. The van der Waals surface area contributed by atoms with Crippen LogP contribution in [0.4, 0.5) is 0 Å². The number of aromatic nitrogens is 1. The predicted molar refractivity (Wildman–Crippen MR) is 70.9 cm³/mol. The number of aliphatic hydroxyl groups excluding tert-OH is 2. The van der Waals surface area contributed by atoms with E-state index >= 15 is 0 Å². The molecule has 0 aliphatic rings. The van der Waals surface area contributed by atoms with Crippen LogP contribution in [-0.4, -0.2) is 39.0 Å². The summed E-state index contributed by atoms with van der Waals surface area (Å²) in [5.41, 5.74) is 1.37. The Morgan fingerprint density at radius 3 is 2.94 bits per heavy atom. The molecule has 5 nitrogen and oxygen atoms in total. The van der Waals surface area contributed by atoms with Gasteiger partial charge in [-0.1, -0.05) is 12.1 Å². The molecule has 1 atom stereocenters. The van der Waals surface area contributed by atoms with Crippen molar-refractivity contribution in [3.63, 3.8) is 0 Å². The number of fused-ring (bicyclic) bond motifs is 1. The summed E-state index contributed by atoms with van der Waals surface area (Å²) < 4.78 is 6.68. The topological polar surface area (TPSA) is 75.6 Å². The van der Waals surface area contributed by atoms with Gasteiger partial charge in [0.05, 0.1) is 18.2 Å². The minimum Gasteiger partial charge on any atom is -0.408 e. The van der Waals surface area contributed by atoms with Crippen molar-refractivity contribution in [1.82, 2.24) is 4.57 Å². The molecule has 2 N–H and O–H groups in total. The van der Waals surface area contributed by atoms with Gasteiger partial charge in [0.2, 0.25) is 0 Å². The van der Waals surface area contributed by atoms with E-state index in [1.54, 1.807) is 10.6 Å². The Morgan fingerprint density at radius 2 is 2.17 bits per heavy atom. The number of hydrogen-bond acceptors (Lipinski definition) is 5. The quantitative estimate of drug-likeness (QED) is 0.754. The molecule has 0 fully saturated rings. The maximum Gasteiger partial charge on any atom is 0.419 e. The molecule has 0 spiro atoms. The van der Waals surface area contributed by atoms with Gasteiger partial charge < -0.3 is 14.6 Å². The number of thioether (sulfide) groups is 1. The second-order valence-electron chi connectivity index (χ2n) is 3.90. The third-order valence-electron chi connectivity index (χ3n) is 2.55. The van der Waals surface area contributed by atoms with Crippen molar-refractivity contribution >= 4 is 22.9 Å². The third kappa shape index (κ3) is 2.95. The number of rotatable bonds is 6. The molecule has 0 aliphatic heterocycles. The summed E-state index contributed by atoms with van der Waals surface area (Å²) in [4.78, 5) is 11.6. The number of para-hydroxylation sites is 2. The van der Waals surface area contributed by atoms with Gasteiger partial charge in [-0.25, -0.2) is 4.79 Å². The Kier molecular flexibility index (Phi) is 4.46. The number of aryl methyl sites for hydroxylation is 1. The van der Waals surface area contributed by atoms with E-state index in [-0.39, 0.29) is 12.4 Å². The maximum absolute atomic E-state index is 11.6. The van der Waals surface area contributed by atoms with Gasteiger partial charge in [-0.05, 0) is 12.1 Å². The zero-order valence-corrected chi connectivity index (χ0v) is 10.6. The van der Waals surface area contributed by atoms with Crippen molar-refractivity contribution < 1.29 is 14.6 Å². The molecule has 0 bridgehead atoms. The first kappa shape index (κ1) is 13.2. The third-order valence-corrected chi connectivity index (χ3v) is 3.65. The van der Waals surface area contributed by atoms with Crippen LogP contribution in [0.25, 0.3) is 11.1 Å². The first-order chi connectivity index (χ1) is 8.72. The Bertz CT molecular complexity index is 562. The second kappa shape index (κ2) is 6.08. The predicted octanol–water partition coefficient (Wildman–Crippen LogP) is 0.681. The van der Waals surface area contributed by atoms with Gasteiger partial charge in [0.25, 0.3) is 0 Å². The fourth-order valence-corrected chi connectivity index (χ4v) is 2.51. The van der Waals surface area contributed by atoms with E-state index in [1.165, 1.54) is 11.8 Å². The van der Waals surface area contributed by atoms with Crippen LogP contribution < -0.4 is 5.76 Å². The largest absolute Gasteiger partial charge is 0.419 e. The lowest BCUT2D eigenvalue weighted by molar-refractivity contribution is 0.113. The molecule has 18 heavy (non-hydrogen) atoms. The fourth-order valence-electron chi connectivity index (χ4n) is 1.65. The van der Waals surface area contributed by atoms with Gasteiger partial charge in [-0.2, -0.15) is 11.8 Å². The molecule has 0 saturated heterocycles. The summed E-state index contributed by atoms with van der Waals surface area (Å²) in [6.07, 6.45) is -0.701. The van der Waals surface area contributed by atoms with Crippen LogP contribution in [-0.2, 0) is 6.54 Å². The number of aliphatic hydroxyl groups is 2. The van der Waals surface area contributed by atoms with Crippen LogP contribution >= 0.6 is 11.8 Å². The molecule has 0 aliphatic carbocycles. The van der Waals surface area contributed by atoms with Crippen molar-refractivity contribution in [2.24, 2.45) is 0 Å². The number of oxazole rings is 1. The summed E-state index contributed by atoms with van der Waals surface area (Å²) in [7, 11) is 0. The Hall–Kier alpha value is -1.24. The summed E-state index contributed by atoms with van der Waals surface area (Å²) in [5, 5.41) is 17.9. The lowest BCUT2D eigenvalue weighted by Gasteiger charge is -2.06. The zero-order valence-electron chi connectivity index (χ0n) is 9.78. The highest BCUT2D eigenvalue weighted by Gasteiger charge is 2.08. The van der Waals surface area contributed by atoms with E-state index in [1.807, 2.05) is 18.2 Å². The summed E-state index contributed by atoms with van der Waals surface area (Å²) >= 11 is 1.49. The molecular formula is C12H15NO4S. The summed E-state index contributed by atoms with van der Waals surface area (Å²) in [5.74, 6) is 0.779. The van der Waals surface area contributed by atoms with Crippen LogP contribution in [0.15, 0.2) is 33.5 Å². The molecule has 2 rings (SSSR count). The highest BCUT2D eigenvalue weighted by molar-refractivity contribution is 7.99. The van der Waals surface area contributed by atoms with E-state index in [0.717, 1.165) is 5.52 Å². The fraction of sp³-hybridized carbons (Fsp3) is 0.417. The minimum absolute atomic E-state index is 0.235. The molecule has 0 amide bonds. The van der Waals surface area contributed by atoms with Crippen molar-refractivity contribution in [3.05, 3.63) is 34.8 Å². The Labute approximate surface area is 108 Å². The number of hydrogen-bond donors (Lipinski definition) is 2. The molecule has 1 heterocycles. The monoisotopic (exact) mass is 269 g/mol. The van der Waals surface area contributed by atoms with E-state index < -0.39 is 6.10 Å². The van der Waals surface area contributed by atoms with Crippen LogP contribution in [0.5, 0.6) is 0 Å². The van der Waals surface area contributed by atoms with E-state index in [9.17, 15) is 9.90 Å². The first-order valence-electron chi connectivity index (χ1n) is 5.67. The molecule has 1 aromatic heterocycles. The first-order valence-corrected chi connectivity index (χ1v) is 6.83. The lowest BCUT2D eigenvalue weighted by atomic mass is 10.3. The average molecular weight is 269 g/mol. The minimum atomic E-state index is -0.701. The van der Waals surface area contributed by atoms with Gasteiger partial charge in [-0.15, -0.1) is 0 Å². The number of nitrogens with zero attached hydrogens (tertiary/aromatic N) is 1. The molecule has 6 heteroatoms. The highest BCUT2D eigenvalue weighted by atomic mass is 32.2. The van der Waals surface area contributed by atoms with E-state index in [2.05, 4.69) is 0 Å². The van der Waals surface area contributed by atoms with Gasteiger partial charge in [0.1, 0.15) is 0 Å². The smallest absolute Gasteiger partial charge is 0.408 e. The second-order valence-corrected chi connectivity index (χ2v) is 5.05. The average Bonchev–Trinajstić information content (AvgIpc) is 2.70. The molecule has 0 radical (unpaired) electrons. The number of benzene rings is 1. The molecule has 98 valence electrons. The van der Waals surface area contributed by atoms with Gasteiger partial charge >= 0.3 is 5.76 Å².